The molecular weight excluding hydrogens is 342 g/mol. The smallest absolute Gasteiger partial charge is 0.273 e. The van der Waals surface area contributed by atoms with Gasteiger partial charge in [0.1, 0.15) is 0 Å². The van der Waals surface area contributed by atoms with Crippen LogP contribution in [0, 0.1) is 0 Å². The maximum Gasteiger partial charge on any atom is 0.273 e. The number of benzene rings is 1. The van der Waals surface area contributed by atoms with Crippen molar-refractivity contribution < 1.29 is 9.32 Å². The van der Waals surface area contributed by atoms with Crippen molar-refractivity contribution in [2.45, 2.75) is 6.54 Å². The summed E-state index contributed by atoms with van der Waals surface area (Å²) < 4.78 is 7.04. The van der Waals surface area contributed by atoms with E-state index in [2.05, 4.69) is 20.7 Å². The highest BCUT2D eigenvalue weighted by Crippen LogP contribution is 2.22. The second-order valence-corrected chi connectivity index (χ2v) is 5.75. The third kappa shape index (κ3) is 3.09. The minimum Gasteiger partial charge on any atom is -0.355 e. The van der Waals surface area contributed by atoms with Gasteiger partial charge in [-0.1, -0.05) is 22.8 Å². The van der Waals surface area contributed by atoms with Crippen LogP contribution in [0.4, 0.5) is 0 Å². The molecule has 0 spiro atoms. The summed E-state index contributed by atoms with van der Waals surface area (Å²) >= 11 is 5.86. The first-order chi connectivity index (χ1) is 12.2. The Hall–Kier alpha value is -3.19. The van der Waals surface area contributed by atoms with Crippen molar-refractivity contribution in [2.24, 2.45) is 0 Å². The molecule has 7 nitrogen and oxygen atoms in total. The van der Waals surface area contributed by atoms with Crippen LogP contribution >= 0.6 is 11.6 Å². The number of carbonyl (C=O) groups is 1. The van der Waals surface area contributed by atoms with Crippen LogP contribution in [0.25, 0.3) is 17.0 Å². The second kappa shape index (κ2) is 6.37. The van der Waals surface area contributed by atoms with E-state index in [1.165, 1.54) is 0 Å². The molecule has 0 atom stereocenters. The monoisotopic (exact) mass is 353 g/mol. The van der Waals surface area contributed by atoms with Gasteiger partial charge in [0.05, 0.1) is 6.54 Å². The Labute approximate surface area is 147 Å². The molecule has 8 heteroatoms. The Morgan fingerprint density at radius 2 is 2.00 bits per heavy atom. The Bertz CT molecular complexity index is 1040. The van der Waals surface area contributed by atoms with Crippen molar-refractivity contribution in [3.8, 4) is 11.3 Å². The molecule has 0 radical (unpaired) electrons. The lowest BCUT2D eigenvalue weighted by Crippen LogP contribution is -2.24. The third-order valence-corrected chi connectivity index (χ3v) is 3.91. The topological polar surface area (TPSA) is 85.3 Å². The zero-order valence-electron chi connectivity index (χ0n) is 12.9. The van der Waals surface area contributed by atoms with Crippen LogP contribution in [-0.2, 0) is 6.54 Å². The number of amides is 1. The number of aromatic nitrogens is 4. The fourth-order valence-electron chi connectivity index (χ4n) is 2.39. The molecule has 1 aromatic carbocycles. The molecule has 4 aromatic rings. The maximum absolute atomic E-state index is 12.3. The van der Waals surface area contributed by atoms with E-state index >= 15 is 0 Å². The highest BCUT2D eigenvalue weighted by molar-refractivity contribution is 6.30. The van der Waals surface area contributed by atoms with Crippen LogP contribution in [-0.4, -0.2) is 25.7 Å². The first-order valence-corrected chi connectivity index (χ1v) is 7.88. The van der Waals surface area contributed by atoms with Crippen LogP contribution in [0.2, 0.25) is 5.02 Å². The van der Waals surface area contributed by atoms with E-state index in [4.69, 9.17) is 16.1 Å². The Kier molecular flexibility index (Phi) is 3.91. The molecule has 1 amide bonds. The zero-order valence-corrected chi connectivity index (χ0v) is 13.6. The van der Waals surface area contributed by atoms with E-state index in [1.54, 1.807) is 30.3 Å². The van der Waals surface area contributed by atoms with Crippen LogP contribution in [0.15, 0.2) is 59.3 Å². The van der Waals surface area contributed by atoms with E-state index in [1.807, 2.05) is 28.8 Å². The minimum atomic E-state index is -0.350. The van der Waals surface area contributed by atoms with Gasteiger partial charge >= 0.3 is 0 Å². The van der Waals surface area contributed by atoms with E-state index in [-0.39, 0.29) is 18.1 Å². The summed E-state index contributed by atoms with van der Waals surface area (Å²) in [6, 6.07) is 14.3. The number of rotatable bonds is 4. The van der Waals surface area contributed by atoms with E-state index < -0.39 is 0 Å². The van der Waals surface area contributed by atoms with Gasteiger partial charge in [0.15, 0.2) is 22.9 Å². The summed E-state index contributed by atoms with van der Waals surface area (Å²) in [5, 5.41) is 15.3. The number of hydrogen-bond acceptors (Lipinski definition) is 5. The van der Waals surface area contributed by atoms with Crippen LogP contribution < -0.4 is 5.32 Å². The molecule has 1 N–H and O–H groups in total. The fraction of sp³-hybridized carbons (Fsp3) is 0.0588. The van der Waals surface area contributed by atoms with Gasteiger partial charge in [-0.05, 0) is 36.4 Å². The average Bonchev–Trinajstić information content (AvgIpc) is 3.28. The van der Waals surface area contributed by atoms with E-state index in [0.717, 1.165) is 11.2 Å². The molecule has 0 aliphatic rings. The van der Waals surface area contributed by atoms with Gasteiger partial charge in [0.25, 0.3) is 5.91 Å². The van der Waals surface area contributed by atoms with Gasteiger partial charge in [-0.25, -0.2) is 0 Å². The molecule has 0 aliphatic carbocycles. The van der Waals surface area contributed by atoms with Crippen LogP contribution in [0.5, 0.6) is 0 Å². The summed E-state index contributed by atoms with van der Waals surface area (Å²) in [6.07, 6.45) is 1.84. The van der Waals surface area contributed by atoms with Gasteiger partial charge in [-0.3, -0.25) is 9.20 Å². The van der Waals surface area contributed by atoms with Gasteiger partial charge in [-0.15, -0.1) is 10.2 Å². The first kappa shape index (κ1) is 15.3. The lowest BCUT2D eigenvalue weighted by molar-refractivity contribution is 0.0941. The first-order valence-electron chi connectivity index (χ1n) is 7.50. The van der Waals surface area contributed by atoms with Crippen molar-refractivity contribution in [1.82, 2.24) is 25.1 Å². The Morgan fingerprint density at radius 1 is 1.16 bits per heavy atom. The molecule has 0 saturated heterocycles. The number of carbonyl (C=O) groups excluding carboxylic acids is 1. The van der Waals surface area contributed by atoms with Crippen molar-refractivity contribution in [2.75, 3.05) is 0 Å². The number of fused-ring (bicyclic) bond motifs is 1. The molecule has 4 rings (SSSR count). The van der Waals surface area contributed by atoms with Gasteiger partial charge in [0.2, 0.25) is 0 Å². The predicted octanol–water partition coefficient (Wildman–Crippen LogP) is 2.97. The quantitative estimate of drug-likeness (QED) is 0.609. The van der Waals surface area contributed by atoms with Crippen molar-refractivity contribution >= 4 is 23.2 Å². The normalized spacial score (nSPS) is 10.9. The molecule has 0 unspecified atom stereocenters. The largest absolute Gasteiger partial charge is 0.355 e. The lowest BCUT2D eigenvalue weighted by Gasteiger charge is -2.01. The minimum absolute atomic E-state index is 0.193. The SMILES string of the molecule is O=C(NCc1nnc2ccccn12)c1cc(-c2ccc(Cl)cc2)on1. The second-order valence-electron chi connectivity index (χ2n) is 5.31. The molecule has 25 heavy (non-hydrogen) atoms. The highest BCUT2D eigenvalue weighted by Gasteiger charge is 2.14. The Morgan fingerprint density at radius 3 is 2.84 bits per heavy atom. The number of nitrogens with zero attached hydrogens (tertiary/aromatic N) is 4. The summed E-state index contributed by atoms with van der Waals surface area (Å²) in [7, 11) is 0. The number of pyridine rings is 1. The van der Waals surface area contributed by atoms with Gasteiger partial charge in [-0.2, -0.15) is 0 Å². The number of hydrogen-bond donors (Lipinski definition) is 1. The summed E-state index contributed by atoms with van der Waals surface area (Å²) in [4.78, 5) is 12.3. The fourth-order valence-corrected chi connectivity index (χ4v) is 2.52. The molecule has 0 saturated carbocycles. The van der Waals surface area contributed by atoms with E-state index in [0.29, 0.717) is 16.6 Å². The molecule has 3 heterocycles. The molecule has 0 fully saturated rings. The van der Waals surface area contributed by atoms with Crippen molar-refractivity contribution in [3.05, 3.63) is 71.3 Å². The van der Waals surface area contributed by atoms with Crippen LogP contribution in [0.1, 0.15) is 16.3 Å². The molecule has 0 bridgehead atoms. The summed E-state index contributed by atoms with van der Waals surface area (Å²) in [6.45, 7) is 0.229. The highest BCUT2D eigenvalue weighted by atomic mass is 35.5. The predicted molar refractivity (Wildman–Crippen MR) is 91.1 cm³/mol. The lowest BCUT2D eigenvalue weighted by atomic mass is 10.1. The summed E-state index contributed by atoms with van der Waals surface area (Å²) in [5.41, 5.74) is 1.70. The molecule has 0 aliphatic heterocycles. The van der Waals surface area contributed by atoms with Gasteiger partial charge in [0, 0.05) is 22.8 Å². The van der Waals surface area contributed by atoms with E-state index in [9.17, 15) is 4.79 Å². The van der Waals surface area contributed by atoms with Crippen molar-refractivity contribution in [1.29, 1.82) is 0 Å². The molecule has 124 valence electrons. The van der Waals surface area contributed by atoms with Crippen LogP contribution in [0.3, 0.4) is 0 Å². The standard InChI is InChI=1S/C17H12ClN5O2/c18-12-6-4-11(5-7-12)14-9-13(22-25-14)17(24)19-10-16-21-20-15-3-1-2-8-23(15)16/h1-9H,10H2,(H,19,24). The third-order valence-electron chi connectivity index (χ3n) is 3.66. The van der Waals surface area contributed by atoms with Gasteiger partial charge < -0.3 is 9.84 Å². The summed E-state index contributed by atoms with van der Waals surface area (Å²) in [5.74, 6) is 0.775. The zero-order chi connectivity index (χ0) is 17.2. The Balaban J connectivity index is 1.47. The molecule has 3 aromatic heterocycles. The number of nitrogens with one attached hydrogen (secondary N) is 1. The number of halogens is 1. The van der Waals surface area contributed by atoms with Crippen molar-refractivity contribution in [3.63, 3.8) is 0 Å². The average molecular weight is 354 g/mol. The molecular formula is C17H12ClN5O2. The maximum atomic E-state index is 12.3.